The molecule has 1 aliphatic heterocycles. The molecule has 4 rings (SSSR count). The fraction of sp³-hybridized carbons (Fsp3) is 0.261. The van der Waals surface area contributed by atoms with E-state index in [9.17, 15) is 13.6 Å². The van der Waals surface area contributed by atoms with E-state index in [-0.39, 0.29) is 5.91 Å². The maximum absolute atomic E-state index is 13.6. The minimum atomic E-state index is -0.639. The lowest BCUT2D eigenvalue weighted by Crippen LogP contribution is -2.35. The van der Waals surface area contributed by atoms with Crippen molar-refractivity contribution in [2.75, 3.05) is 18.4 Å². The Morgan fingerprint density at radius 3 is 2.39 bits per heavy atom. The SMILES string of the molecule is Cc1cccc2c(Nc3cc(F)cc(F)c3)ccc(C(=O)N3CCCCC3)c12. The van der Waals surface area contributed by atoms with Crippen LogP contribution in [-0.4, -0.2) is 23.9 Å². The van der Waals surface area contributed by atoms with Gasteiger partial charge in [0.15, 0.2) is 0 Å². The smallest absolute Gasteiger partial charge is 0.254 e. The molecule has 3 aromatic rings. The number of nitrogens with zero attached hydrogens (tertiary/aromatic N) is 1. The van der Waals surface area contributed by atoms with Gasteiger partial charge in [-0.2, -0.15) is 0 Å². The molecule has 3 nitrogen and oxygen atoms in total. The van der Waals surface area contributed by atoms with E-state index in [0.717, 1.165) is 54.8 Å². The predicted molar refractivity (Wildman–Crippen MR) is 108 cm³/mol. The molecule has 1 fully saturated rings. The quantitative estimate of drug-likeness (QED) is 0.623. The van der Waals surface area contributed by atoms with E-state index in [4.69, 9.17) is 0 Å². The van der Waals surface area contributed by atoms with Crippen LogP contribution in [0.1, 0.15) is 35.2 Å². The van der Waals surface area contributed by atoms with Gasteiger partial charge in [0.2, 0.25) is 0 Å². The highest BCUT2D eigenvalue weighted by Gasteiger charge is 2.21. The first-order valence-corrected chi connectivity index (χ1v) is 9.57. The lowest BCUT2D eigenvalue weighted by Gasteiger charge is -2.27. The van der Waals surface area contributed by atoms with Crippen molar-refractivity contribution >= 4 is 28.1 Å². The molecule has 0 aliphatic carbocycles. The minimum Gasteiger partial charge on any atom is -0.355 e. The molecule has 3 aromatic carbocycles. The van der Waals surface area contributed by atoms with E-state index in [1.165, 1.54) is 12.1 Å². The van der Waals surface area contributed by atoms with Gasteiger partial charge in [-0.1, -0.05) is 18.2 Å². The molecule has 1 N–H and O–H groups in total. The Morgan fingerprint density at radius 2 is 1.68 bits per heavy atom. The topological polar surface area (TPSA) is 32.3 Å². The first kappa shape index (κ1) is 18.4. The summed E-state index contributed by atoms with van der Waals surface area (Å²) in [7, 11) is 0. The molecule has 1 aliphatic rings. The average Bonchev–Trinajstić information content (AvgIpc) is 2.68. The lowest BCUT2D eigenvalue weighted by molar-refractivity contribution is 0.0726. The van der Waals surface area contributed by atoms with Crippen LogP contribution in [0.4, 0.5) is 20.2 Å². The number of anilines is 2. The molecule has 0 saturated carbocycles. The lowest BCUT2D eigenvalue weighted by atomic mass is 9.97. The van der Waals surface area contributed by atoms with Crippen LogP contribution in [0, 0.1) is 18.6 Å². The standard InChI is InChI=1S/C23H22F2N2O/c1-15-6-5-7-19-21(26-18-13-16(24)12-17(25)14-18)9-8-20(22(15)19)23(28)27-10-3-2-4-11-27/h5-9,12-14,26H,2-4,10-11H2,1H3. The van der Waals surface area contributed by atoms with Crippen molar-refractivity contribution in [3.8, 4) is 0 Å². The highest BCUT2D eigenvalue weighted by molar-refractivity contribution is 6.11. The molecule has 0 spiro atoms. The van der Waals surface area contributed by atoms with Crippen LogP contribution in [0.2, 0.25) is 0 Å². The second-order valence-electron chi connectivity index (χ2n) is 7.29. The number of rotatable bonds is 3. The van der Waals surface area contributed by atoms with Crippen LogP contribution in [0.25, 0.3) is 10.8 Å². The van der Waals surface area contributed by atoms with Crippen molar-refractivity contribution in [1.29, 1.82) is 0 Å². The van der Waals surface area contributed by atoms with E-state index in [0.29, 0.717) is 16.9 Å². The zero-order valence-electron chi connectivity index (χ0n) is 15.8. The summed E-state index contributed by atoms with van der Waals surface area (Å²) in [6, 6.07) is 12.8. The fourth-order valence-corrected chi connectivity index (χ4v) is 3.93. The molecule has 0 atom stereocenters. The predicted octanol–water partition coefficient (Wildman–Crippen LogP) is 5.80. The van der Waals surface area contributed by atoms with Gasteiger partial charge in [0.05, 0.1) is 0 Å². The third kappa shape index (κ3) is 3.57. The van der Waals surface area contributed by atoms with Gasteiger partial charge in [-0.3, -0.25) is 4.79 Å². The average molecular weight is 380 g/mol. The summed E-state index contributed by atoms with van der Waals surface area (Å²) in [6.45, 7) is 3.55. The summed E-state index contributed by atoms with van der Waals surface area (Å²) in [6.07, 6.45) is 3.23. The summed E-state index contributed by atoms with van der Waals surface area (Å²) in [5.41, 5.74) is 2.70. The van der Waals surface area contributed by atoms with E-state index in [1.807, 2.05) is 42.2 Å². The highest BCUT2D eigenvalue weighted by Crippen LogP contribution is 2.32. The van der Waals surface area contributed by atoms with E-state index < -0.39 is 11.6 Å². The normalized spacial score (nSPS) is 14.3. The largest absolute Gasteiger partial charge is 0.355 e. The van der Waals surface area contributed by atoms with Gasteiger partial charge in [0, 0.05) is 41.5 Å². The third-order valence-electron chi connectivity index (χ3n) is 5.26. The number of fused-ring (bicyclic) bond motifs is 1. The number of benzene rings is 3. The van der Waals surface area contributed by atoms with Gasteiger partial charge in [0.1, 0.15) is 11.6 Å². The van der Waals surface area contributed by atoms with Crippen molar-refractivity contribution in [1.82, 2.24) is 4.90 Å². The van der Waals surface area contributed by atoms with Gasteiger partial charge in [-0.05, 0) is 61.4 Å². The van der Waals surface area contributed by atoms with Gasteiger partial charge in [-0.25, -0.2) is 8.78 Å². The summed E-state index contributed by atoms with van der Waals surface area (Å²) in [4.78, 5) is 15.0. The van der Waals surface area contributed by atoms with Crippen LogP contribution in [0.5, 0.6) is 0 Å². The van der Waals surface area contributed by atoms with E-state index in [1.54, 1.807) is 0 Å². The number of carbonyl (C=O) groups is 1. The molecule has 28 heavy (non-hydrogen) atoms. The van der Waals surface area contributed by atoms with Crippen LogP contribution < -0.4 is 5.32 Å². The van der Waals surface area contributed by atoms with Crippen molar-refractivity contribution < 1.29 is 13.6 Å². The molecule has 144 valence electrons. The van der Waals surface area contributed by atoms with Crippen molar-refractivity contribution in [2.24, 2.45) is 0 Å². The molecule has 0 bridgehead atoms. The van der Waals surface area contributed by atoms with Gasteiger partial charge in [-0.15, -0.1) is 0 Å². The highest BCUT2D eigenvalue weighted by atomic mass is 19.1. The number of nitrogens with one attached hydrogen (secondary N) is 1. The summed E-state index contributed by atoms with van der Waals surface area (Å²) < 4.78 is 27.1. The number of piperidine rings is 1. The van der Waals surface area contributed by atoms with Gasteiger partial charge >= 0.3 is 0 Å². The van der Waals surface area contributed by atoms with Crippen LogP contribution in [0.15, 0.2) is 48.5 Å². The maximum Gasteiger partial charge on any atom is 0.254 e. The Bertz CT molecular complexity index is 1020. The Morgan fingerprint density at radius 1 is 0.964 bits per heavy atom. The van der Waals surface area contributed by atoms with Crippen molar-refractivity contribution in [3.05, 3.63) is 71.3 Å². The first-order chi connectivity index (χ1) is 13.5. The molecule has 0 aromatic heterocycles. The molecular weight excluding hydrogens is 358 g/mol. The van der Waals surface area contributed by atoms with Gasteiger partial charge in [0.25, 0.3) is 5.91 Å². The number of hydrogen-bond acceptors (Lipinski definition) is 2. The molecule has 0 unspecified atom stereocenters. The third-order valence-corrected chi connectivity index (χ3v) is 5.26. The zero-order chi connectivity index (χ0) is 19.7. The Balaban J connectivity index is 1.78. The molecule has 1 heterocycles. The zero-order valence-corrected chi connectivity index (χ0v) is 15.8. The number of amides is 1. The summed E-state index contributed by atoms with van der Waals surface area (Å²) in [5.74, 6) is -1.23. The molecule has 0 radical (unpaired) electrons. The molecule has 5 heteroatoms. The number of carbonyl (C=O) groups excluding carboxylic acids is 1. The number of likely N-dealkylation sites (tertiary alicyclic amines) is 1. The van der Waals surface area contributed by atoms with Gasteiger partial charge < -0.3 is 10.2 Å². The number of aryl methyl sites for hydroxylation is 1. The van der Waals surface area contributed by atoms with Crippen LogP contribution in [0.3, 0.4) is 0 Å². The summed E-state index contributed by atoms with van der Waals surface area (Å²) in [5, 5.41) is 4.83. The van der Waals surface area contributed by atoms with E-state index in [2.05, 4.69) is 5.32 Å². The van der Waals surface area contributed by atoms with Crippen molar-refractivity contribution in [3.63, 3.8) is 0 Å². The summed E-state index contributed by atoms with van der Waals surface area (Å²) >= 11 is 0. The monoisotopic (exact) mass is 380 g/mol. The van der Waals surface area contributed by atoms with Crippen molar-refractivity contribution in [2.45, 2.75) is 26.2 Å². The molecule has 1 amide bonds. The Kier molecular flexibility index (Phi) is 4.99. The van der Waals surface area contributed by atoms with E-state index >= 15 is 0 Å². The number of hydrogen-bond donors (Lipinski definition) is 1. The number of halogens is 2. The first-order valence-electron chi connectivity index (χ1n) is 9.57. The second kappa shape index (κ2) is 7.58. The minimum absolute atomic E-state index is 0.0438. The Hall–Kier alpha value is -2.95. The second-order valence-corrected chi connectivity index (χ2v) is 7.29. The Labute approximate surface area is 163 Å². The molecule has 1 saturated heterocycles. The van der Waals surface area contributed by atoms with Crippen LogP contribution in [-0.2, 0) is 0 Å². The van der Waals surface area contributed by atoms with Crippen LogP contribution >= 0.6 is 0 Å². The maximum atomic E-state index is 13.6. The fourth-order valence-electron chi connectivity index (χ4n) is 3.93. The molecular formula is C23H22F2N2O.